The second kappa shape index (κ2) is 9.12. The largest absolute Gasteiger partial charge is 0.419 e. The van der Waals surface area contributed by atoms with Gasteiger partial charge in [-0.2, -0.15) is 0 Å². The van der Waals surface area contributed by atoms with E-state index in [4.69, 9.17) is 4.42 Å². The van der Waals surface area contributed by atoms with E-state index in [2.05, 4.69) is 76.6 Å². The van der Waals surface area contributed by atoms with E-state index in [1.807, 2.05) is 43.3 Å². The number of nitrogens with zero attached hydrogens (tertiary/aromatic N) is 5. The minimum Gasteiger partial charge on any atom is -0.419 e. The van der Waals surface area contributed by atoms with E-state index >= 15 is 0 Å². The summed E-state index contributed by atoms with van der Waals surface area (Å²) < 4.78 is 7.98. The lowest BCUT2D eigenvalue weighted by atomic mass is 9.87. The number of hydrogen-bond donors (Lipinski definition) is 0. The maximum atomic E-state index is 5.92. The van der Waals surface area contributed by atoms with Gasteiger partial charge in [0, 0.05) is 17.7 Å². The summed E-state index contributed by atoms with van der Waals surface area (Å²) in [5.74, 6) is 1.88. The molecule has 7 heteroatoms. The van der Waals surface area contributed by atoms with Crippen LogP contribution in [0.2, 0.25) is 0 Å². The summed E-state index contributed by atoms with van der Waals surface area (Å²) >= 11 is 1.54. The molecule has 0 saturated heterocycles. The number of thioether (sulfide) groups is 1. The molecule has 0 aliphatic heterocycles. The molecule has 0 N–H and O–H groups in total. The molecule has 1 atom stereocenters. The molecule has 2 aromatic heterocycles. The van der Waals surface area contributed by atoms with Crippen LogP contribution >= 0.6 is 11.8 Å². The average Bonchev–Trinajstić information content (AvgIpc) is 3.42. The third-order valence-corrected chi connectivity index (χ3v) is 6.20. The van der Waals surface area contributed by atoms with Crippen LogP contribution in [-0.2, 0) is 12.0 Å². The predicted molar refractivity (Wildman–Crippen MR) is 128 cm³/mol. The fourth-order valence-electron chi connectivity index (χ4n) is 3.31. The molecule has 2 aromatic carbocycles. The van der Waals surface area contributed by atoms with Crippen molar-refractivity contribution in [3.8, 4) is 22.8 Å². The van der Waals surface area contributed by atoms with Crippen LogP contribution in [0.1, 0.15) is 44.4 Å². The summed E-state index contributed by atoms with van der Waals surface area (Å²) in [6, 6.07) is 18.3. The topological polar surface area (TPSA) is 69.6 Å². The Morgan fingerprint density at radius 2 is 1.69 bits per heavy atom. The number of hydrogen-bond acceptors (Lipinski definition) is 6. The van der Waals surface area contributed by atoms with Gasteiger partial charge in [0.05, 0.1) is 5.25 Å². The lowest BCUT2D eigenvalue weighted by Gasteiger charge is -2.19. The fraction of sp³-hybridized carbons (Fsp3) is 0.280. The van der Waals surface area contributed by atoms with Gasteiger partial charge in [-0.3, -0.25) is 4.57 Å². The summed E-state index contributed by atoms with van der Waals surface area (Å²) in [6.45, 7) is 13.2. The maximum Gasteiger partial charge on any atom is 0.247 e. The van der Waals surface area contributed by atoms with E-state index in [1.54, 1.807) is 0 Å². The Bertz CT molecular complexity index is 1190. The van der Waals surface area contributed by atoms with Crippen LogP contribution in [0.4, 0.5) is 0 Å². The zero-order chi connectivity index (χ0) is 22.7. The quantitative estimate of drug-likeness (QED) is 0.244. The van der Waals surface area contributed by atoms with E-state index in [9.17, 15) is 0 Å². The minimum atomic E-state index is -0.0798. The number of rotatable bonds is 7. The maximum absolute atomic E-state index is 5.92. The van der Waals surface area contributed by atoms with Crippen LogP contribution < -0.4 is 0 Å². The Morgan fingerprint density at radius 1 is 0.969 bits per heavy atom. The van der Waals surface area contributed by atoms with Crippen molar-refractivity contribution in [2.45, 2.75) is 50.1 Å². The van der Waals surface area contributed by atoms with Crippen LogP contribution in [0, 0.1) is 0 Å². The summed E-state index contributed by atoms with van der Waals surface area (Å²) in [7, 11) is 0. The molecular weight excluding hydrogens is 418 g/mol. The first-order valence-electron chi connectivity index (χ1n) is 10.6. The van der Waals surface area contributed by atoms with Gasteiger partial charge in [0.25, 0.3) is 0 Å². The van der Waals surface area contributed by atoms with Gasteiger partial charge >= 0.3 is 0 Å². The zero-order valence-electron chi connectivity index (χ0n) is 18.8. The summed E-state index contributed by atoms with van der Waals surface area (Å²) in [5, 5.41) is 18.1. The Morgan fingerprint density at radius 3 is 2.34 bits per heavy atom. The van der Waals surface area contributed by atoms with Crippen molar-refractivity contribution in [3.63, 3.8) is 0 Å². The van der Waals surface area contributed by atoms with E-state index in [0.29, 0.717) is 18.3 Å². The van der Waals surface area contributed by atoms with Crippen molar-refractivity contribution in [1.82, 2.24) is 25.0 Å². The van der Waals surface area contributed by atoms with Crippen LogP contribution in [0.15, 0.2) is 76.8 Å². The lowest BCUT2D eigenvalue weighted by molar-refractivity contribution is 0.508. The molecule has 0 aliphatic rings. The monoisotopic (exact) mass is 445 g/mol. The standard InChI is InChI=1S/C25H27N5OS/c1-6-16-30-21(18-12-14-20(15-13-18)25(3,4)5)26-29-24(30)32-17(2)22-27-28-23(31-22)19-10-8-7-9-11-19/h6-15,17H,1,16H2,2-5H3. The molecule has 164 valence electrons. The summed E-state index contributed by atoms with van der Waals surface area (Å²) in [5.41, 5.74) is 3.31. The molecule has 4 rings (SSSR count). The third-order valence-electron chi connectivity index (χ3n) is 5.13. The highest BCUT2D eigenvalue weighted by molar-refractivity contribution is 7.99. The van der Waals surface area contributed by atoms with Crippen molar-refractivity contribution < 1.29 is 4.42 Å². The van der Waals surface area contributed by atoms with Crippen LogP contribution in [0.5, 0.6) is 0 Å². The molecule has 0 saturated carbocycles. The average molecular weight is 446 g/mol. The van der Waals surface area contributed by atoms with Crippen LogP contribution in [0.25, 0.3) is 22.8 Å². The molecular formula is C25H27N5OS. The predicted octanol–water partition coefficient (Wildman–Crippen LogP) is 6.33. The second-order valence-corrected chi connectivity index (χ2v) is 9.91. The van der Waals surface area contributed by atoms with E-state index < -0.39 is 0 Å². The molecule has 0 bridgehead atoms. The molecule has 1 unspecified atom stereocenters. The first kappa shape index (κ1) is 22.0. The highest BCUT2D eigenvalue weighted by Crippen LogP contribution is 2.36. The van der Waals surface area contributed by atoms with Crippen molar-refractivity contribution in [1.29, 1.82) is 0 Å². The van der Waals surface area contributed by atoms with Gasteiger partial charge in [0.2, 0.25) is 11.8 Å². The van der Waals surface area contributed by atoms with Gasteiger partial charge in [0.1, 0.15) is 0 Å². The molecule has 2 heterocycles. The van der Waals surface area contributed by atoms with Gasteiger partial charge in [-0.1, -0.05) is 81.1 Å². The Balaban J connectivity index is 1.57. The Labute approximate surface area is 192 Å². The van der Waals surface area contributed by atoms with Gasteiger partial charge < -0.3 is 4.42 Å². The van der Waals surface area contributed by atoms with Gasteiger partial charge in [-0.25, -0.2) is 0 Å². The molecule has 0 radical (unpaired) electrons. The first-order chi connectivity index (χ1) is 15.4. The second-order valence-electron chi connectivity index (χ2n) is 8.60. The SMILES string of the molecule is C=CCn1c(SC(C)c2nnc(-c3ccccc3)o2)nnc1-c1ccc(C(C)(C)C)cc1. The molecule has 0 amide bonds. The Kier molecular flexibility index (Phi) is 6.28. The molecule has 6 nitrogen and oxygen atoms in total. The van der Waals surface area contributed by atoms with Gasteiger partial charge in [-0.15, -0.1) is 27.0 Å². The van der Waals surface area contributed by atoms with Crippen LogP contribution in [0.3, 0.4) is 0 Å². The fourth-order valence-corrected chi connectivity index (χ4v) is 4.20. The highest BCUT2D eigenvalue weighted by Gasteiger charge is 2.22. The van der Waals surface area contributed by atoms with Crippen molar-refractivity contribution in [2.24, 2.45) is 0 Å². The van der Waals surface area contributed by atoms with Gasteiger partial charge in [-0.05, 0) is 30.0 Å². The molecule has 0 fully saturated rings. The third kappa shape index (κ3) is 4.67. The molecule has 0 spiro atoms. The summed E-state index contributed by atoms with van der Waals surface area (Å²) in [4.78, 5) is 0. The number of benzene rings is 2. The van der Waals surface area contributed by atoms with E-state index in [0.717, 1.165) is 22.1 Å². The summed E-state index contributed by atoms with van der Waals surface area (Å²) in [6.07, 6.45) is 1.85. The van der Waals surface area contributed by atoms with Crippen molar-refractivity contribution in [3.05, 3.63) is 78.7 Å². The Hall–Kier alpha value is -3.19. The zero-order valence-corrected chi connectivity index (χ0v) is 19.6. The van der Waals surface area contributed by atoms with E-state index in [-0.39, 0.29) is 10.7 Å². The normalized spacial score (nSPS) is 12.6. The first-order valence-corrected chi connectivity index (χ1v) is 11.5. The smallest absolute Gasteiger partial charge is 0.247 e. The molecule has 4 aromatic rings. The highest BCUT2D eigenvalue weighted by atomic mass is 32.2. The van der Waals surface area contributed by atoms with Crippen molar-refractivity contribution >= 4 is 11.8 Å². The number of allylic oxidation sites excluding steroid dienone is 1. The van der Waals surface area contributed by atoms with Crippen LogP contribution in [-0.4, -0.2) is 25.0 Å². The minimum absolute atomic E-state index is 0.0798. The molecule has 32 heavy (non-hydrogen) atoms. The lowest BCUT2D eigenvalue weighted by Crippen LogP contribution is -2.10. The van der Waals surface area contributed by atoms with Gasteiger partial charge in [0.15, 0.2) is 11.0 Å². The van der Waals surface area contributed by atoms with E-state index in [1.165, 1.54) is 17.3 Å². The van der Waals surface area contributed by atoms with Crippen molar-refractivity contribution in [2.75, 3.05) is 0 Å². The number of aromatic nitrogens is 5. The molecule has 0 aliphatic carbocycles.